The predicted molar refractivity (Wildman–Crippen MR) is 104 cm³/mol. The van der Waals surface area contributed by atoms with Crippen LogP contribution in [0.15, 0.2) is 24.3 Å². The largest absolute Gasteiger partial charge is 0.372 e. The molecule has 1 N–H and O–H groups in total. The highest BCUT2D eigenvalue weighted by molar-refractivity contribution is 7.88. The van der Waals surface area contributed by atoms with Gasteiger partial charge in [0.2, 0.25) is 15.9 Å². The van der Waals surface area contributed by atoms with Crippen molar-refractivity contribution < 1.29 is 13.2 Å². The second-order valence-electron chi connectivity index (χ2n) is 7.34. The van der Waals surface area contributed by atoms with Crippen molar-refractivity contribution in [2.24, 2.45) is 5.92 Å². The molecular weight excluding hydrogens is 350 g/mol. The normalized spacial score (nSPS) is 19.7. The summed E-state index contributed by atoms with van der Waals surface area (Å²) in [7, 11) is -3.14. The van der Waals surface area contributed by atoms with Crippen molar-refractivity contribution in [3.63, 3.8) is 0 Å². The molecule has 0 unspecified atom stereocenters. The van der Waals surface area contributed by atoms with Crippen molar-refractivity contribution in [2.75, 3.05) is 43.9 Å². The van der Waals surface area contributed by atoms with Gasteiger partial charge in [0.05, 0.1) is 6.26 Å². The van der Waals surface area contributed by atoms with E-state index in [2.05, 4.69) is 34.5 Å². The van der Waals surface area contributed by atoms with Gasteiger partial charge < -0.3 is 10.2 Å². The van der Waals surface area contributed by atoms with Gasteiger partial charge >= 0.3 is 0 Å². The van der Waals surface area contributed by atoms with Gasteiger partial charge in [0.1, 0.15) is 0 Å². The SMILES string of the molecule is CS(=O)(=O)N1CCC(C(=O)NCCc2ccc(N3CCCC3)cc2)CC1. The van der Waals surface area contributed by atoms with Crippen LogP contribution in [0.5, 0.6) is 0 Å². The molecule has 6 nitrogen and oxygen atoms in total. The molecule has 0 saturated carbocycles. The Bertz CT molecular complexity index is 704. The number of nitrogens with one attached hydrogen (secondary N) is 1. The first-order valence-electron chi connectivity index (χ1n) is 9.50. The van der Waals surface area contributed by atoms with E-state index in [-0.39, 0.29) is 11.8 Å². The molecular formula is C19H29N3O3S. The van der Waals surface area contributed by atoms with Gasteiger partial charge in [-0.25, -0.2) is 12.7 Å². The number of hydrogen-bond acceptors (Lipinski definition) is 4. The number of carbonyl (C=O) groups is 1. The number of benzene rings is 1. The molecule has 144 valence electrons. The summed E-state index contributed by atoms with van der Waals surface area (Å²) in [6.07, 6.45) is 5.79. The van der Waals surface area contributed by atoms with Crippen molar-refractivity contribution in [3.05, 3.63) is 29.8 Å². The monoisotopic (exact) mass is 379 g/mol. The molecule has 2 aliphatic rings. The number of amides is 1. The lowest BCUT2D eigenvalue weighted by Gasteiger charge is -2.29. The van der Waals surface area contributed by atoms with Crippen LogP contribution >= 0.6 is 0 Å². The van der Waals surface area contributed by atoms with E-state index in [0.29, 0.717) is 32.5 Å². The summed E-state index contributed by atoms with van der Waals surface area (Å²) in [4.78, 5) is 14.7. The molecule has 7 heteroatoms. The first kappa shape index (κ1) is 19.2. The van der Waals surface area contributed by atoms with E-state index in [4.69, 9.17) is 0 Å². The summed E-state index contributed by atoms with van der Waals surface area (Å²) >= 11 is 0. The van der Waals surface area contributed by atoms with E-state index < -0.39 is 10.0 Å². The minimum absolute atomic E-state index is 0.0480. The molecule has 0 radical (unpaired) electrons. The fourth-order valence-corrected chi connectivity index (χ4v) is 4.65. The smallest absolute Gasteiger partial charge is 0.223 e. The molecule has 0 spiro atoms. The summed E-state index contributed by atoms with van der Waals surface area (Å²) in [5.41, 5.74) is 2.51. The van der Waals surface area contributed by atoms with Gasteiger partial charge in [0, 0.05) is 44.3 Å². The minimum atomic E-state index is -3.14. The lowest BCUT2D eigenvalue weighted by atomic mass is 9.97. The van der Waals surface area contributed by atoms with Gasteiger partial charge in [-0.05, 0) is 49.8 Å². The Balaban J connectivity index is 1.40. The van der Waals surface area contributed by atoms with E-state index in [1.807, 2.05) is 0 Å². The van der Waals surface area contributed by atoms with Crippen molar-refractivity contribution in [1.29, 1.82) is 0 Å². The van der Waals surface area contributed by atoms with E-state index in [0.717, 1.165) is 19.5 Å². The lowest BCUT2D eigenvalue weighted by molar-refractivity contribution is -0.126. The second-order valence-corrected chi connectivity index (χ2v) is 9.32. The van der Waals surface area contributed by atoms with Crippen LogP contribution in [0.4, 0.5) is 5.69 Å². The average molecular weight is 380 g/mol. The molecule has 2 fully saturated rings. The van der Waals surface area contributed by atoms with Gasteiger partial charge in [-0.3, -0.25) is 4.79 Å². The molecule has 26 heavy (non-hydrogen) atoms. The molecule has 0 bridgehead atoms. The molecule has 3 rings (SSSR count). The van der Waals surface area contributed by atoms with Crippen molar-refractivity contribution in [1.82, 2.24) is 9.62 Å². The highest BCUT2D eigenvalue weighted by Crippen LogP contribution is 2.21. The van der Waals surface area contributed by atoms with E-state index in [1.54, 1.807) is 0 Å². The number of nitrogens with zero attached hydrogens (tertiary/aromatic N) is 2. The average Bonchev–Trinajstić information content (AvgIpc) is 3.16. The zero-order chi connectivity index (χ0) is 18.6. The van der Waals surface area contributed by atoms with Crippen molar-refractivity contribution in [2.45, 2.75) is 32.1 Å². The van der Waals surface area contributed by atoms with Crippen molar-refractivity contribution in [3.8, 4) is 0 Å². The summed E-state index contributed by atoms with van der Waals surface area (Å²) in [6, 6.07) is 8.63. The van der Waals surface area contributed by atoms with Crippen LogP contribution in [0.1, 0.15) is 31.2 Å². The maximum absolute atomic E-state index is 12.3. The predicted octanol–water partition coefficient (Wildman–Crippen LogP) is 1.62. The van der Waals surface area contributed by atoms with Gasteiger partial charge in [0.15, 0.2) is 0 Å². The molecule has 1 aromatic carbocycles. The van der Waals surface area contributed by atoms with Crippen molar-refractivity contribution >= 4 is 21.6 Å². The number of rotatable bonds is 6. The molecule has 1 aromatic rings. The zero-order valence-corrected chi connectivity index (χ0v) is 16.3. The maximum atomic E-state index is 12.3. The zero-order valence-electron chi connectivity index (χ0n) is 15.5. The molecule has 2 saturated heterocycles. The Kier molecular flexibility index (Phi) is 6.19. The summed E-state index contributed by atoms with van der Waals surface area (Å²) in [5.74, 6) is -0.0302. The Hall–Kier alpha value is -1.60. The molecule has 2 aliphatic heterocycles. The number of hydrogen-bond donors (Lipinski definition) is 1. The van der Waals surface area contributed by atoms with E-state index in [1.165, 1.54) is 34.7 Å². The number of sulfonamides is 1. The van der Waals surface area contributed by atoms with Crippen LogP contribution < -0.4 is 10.2 Å². The highest BCUT2D eigenvalue weighted by Gasteiger charge is 2.28. The summed E-state index contributed by atoms with van der Waals surface area (Å²) in [5, 5.41) is 3.01. The number of anilines is 1. The topological polar surface area (TPSA) is 69.7 Å². The summed E-state index contributed by atoms with van der Waals surface area (Å²) in [6.45, 7) is 3.79. The standard InChI is InChI=1S/C19H29N3O3S/c1-26(24,25)22-14-9-17(10-15-22)19(23)20-11-8-16-4-6-18(7-5-16)21-12-2-3-13-21/h4-7,17H,2-3,8-15H2,1H3,(H,20,23). The fourth-order valence-electron chi connectivity index (χ4n) is 3.77. The van der Waals surface area contributed by atoms with Gasteiger partial charge in [0.25, 0.3) is 0 Å². The molecule has 2 heterocycles. The fraction of sp³-hybridized carbons (Fsp3) is 0.632. The van der Waals surface area contributed by atoms with Gasteiger partial charge in [-0.1, -0.05) is 12.1 Å². The first-order chi connectivity index (χ1) is 12.4. The quantitative estimate of drug-likeness (QED) is 0.815. The second kappa shape index (κ2) is 8.39. The minimum Gasteiger partial charge on any atom is -0.372 e. The van der Waals surface area contributed by atoms with Crippen LogP contribution in [-0.4, -0.2) is 57.6 Å². The highest BCUT2D eigenvalue weighted by atomic mass is 32.2. The molecule has 1 amide bonds. The third-order valence-corrected chi connectivity index (χ3v) is 6.72. The third kappa shape index (κ3) is 4.98. The van der Waals surface area contributed by atoms with Gasteiger partial charge in [-0.15, -0.1) is 0 Å². The lowest BCUT2D eigenvalue weighted by Crippen LogP contribution is -2.42. The number of piperidine rings is 1. The van der Waals surface area contributed by atoms with Crippen LogP contribution in [0.3, 0.4) is 0 Å². The summed E-state index contributed by atoms with van der Waals surface area (Å²) < 4.78 is 24.5. The Morgan fingerprint density at radius 1 is 1.08 bits per heavy atom. The van der Waals surface area contributed by atoms with E-state index in [9.17, 15) is 13.2 Å². The Labute approximate surface area is 156 Å². The molecule has 0 aliphatic carbocycles. The molecule has 0 atom stereocenters. The van der Waals surface area contributed by atoms with Gasteiger partial charge in [-0.2, -0.15) is 0 Å². The van der Waals surface area contributed by atoms with E-state index >= 15 is 0 Å². The van der Waals surface area contributed by atoms with Crippen LogP contribution in [-0.2, 0) is 21.2 Å². The molecule has 0 aromatic heterocycles. The van der Waals surface area contributed by atoms with Crippen LogP contribution in [0.25, 0.3) is 0 Å². The van der Waals surface area contributed by atoms with Crippen LogP contribution in [0.2, 0.25) is 0 Å². The Morgan fingerprint density at radius 3 is 2.27 bits per heavy atom. The number of carbonyl (C=O) groups excluding carboxylic acids is 1. The first-order valence-corrected chi connectivity index (χ1v) is 11.3. The third-order valence-electron chi connectivity index (χ3n) is 5.41. The maximum Gasteiger partial charge on any atom is 0.223 e. The Morgan fingerprint density at radius 2 is 1.69 bits per heavy atom. The van der Waals surface area contributed by atoms with Crippen LogP contribution in [0, 0.1) is 5.92 Å².